The van der Waals surface area contributed by atoms with Gasteiger partial charge in [0, 0.05) is 31.6 Å². The Hall–Kier alpha value is -0.470. The topological polar surface area (TPSA) is 52.7 Å². The van der Waals surface area contributed by atoms with Crippen LogP contribution in [0.3, 0.4) is 0 Å². The quantitative estimate of drug-likeness (QED) is 0.862. The molecule has 0 saturated carbocycles. The third-order valence-electron chi connectivity index (χ3n) is 3.75. The second-order valence-corrected chi connectivity index (χ2v) is 8.31. The number of nitrogens with zero attached hydrogens (tertiary/aromatic N) is 2. The third-order valence-corrected chi connectivity index (χ3v) is 6.54. The van der Waals surface area contributed by atoms with Crippen molar-refractivity contribution in [1.82, 2.24) is 13.9 Å². The van der Waals surface area contributed by atoms with E-state index in [-0.39, 0.29) is 0 Å². The molecule has 2 rings (SSSR count). The summed E-state index contributed by atoms with van der Waals surface area (Å²) in [7, 11) is 0.280. The second kappa shape index (κ2) is 7.00. The normalized spacial score (nSPS) is 18.8. The average molecular weight is 317 g/mol. The van der Waals surface area contributed by atoms with Crippen molar-refractivity contribution in [1.29, 1.82) is 0 Å². The molecule has 114 valence electrons. The van der Waals surface area contributed by atoms with Gasteiger partial charge in [0.25, 0.3) is 10.2 Å². The van der Waals surface area contributed by atoms with E-state index in [9.17, 15) is 8.42 Å². The molecule has 0 radical (unpaired) electrons. The van der Waals surface area contributed by atoms with Crippen LogP contribution in [-0.4, -0.2) is 50.8 Å². The molecule has 1 N–H and O–H groups in total. The molecule has 20 heavy (non-hydrogen) atoms. The maximum Gasteiger partial charge on any atom is 0.282 e. The number of rotatable bonds is 6. The monoisotopic (exact) mass is 317 g/mol. The van der Waals surface area contributed by atoms with Crippen molar-refractivity contribution in [2.45, 2.75) is 19.4 Å². The molecule has 1 aliphatic rings. The summed E-state index contributed by atoms with van der Waals surface area (Å²) in [5.74, 6) is 0.592. The van der Waals surface area contributed by atoms with Crippen LogP contribution in [0.2, 0.25) is 0 Å². The second-order valence-electron chi connectivity index (χ2n) is 5.24. The first-order valence-corrected chi connectivity index (χ1v) is 9.20. The number of hydrogen-bond acceptors (Lipinski definition) is 4. The summed E-state index contributed by atoms with van der Waals surface area (Å²) in [5, 5.41) is 5.14. The van der Waals surface area contributed by atoms with Crippen molar-refractivity contribution in [2.75, 3.05) is 33.7 Å². The summed E-state index contributed by atoms with van der Waals surface area (Å²) in [6.45, 7) is 2.68. The molecule has 1 saturated heterocycles. The van der Waals surface area contributed by atoms with E-state index in [0.717, 1.165) is 24.3 Å². The molecule has 1 fully saturated rings. The Balaban J connectivity index is 1.93. The van der Waals surface area contributed by atoms with Crippen molar-refractivity contribution >= 4 is 21.5 Å². The lowest BCUT2D eigenvalue weighted by atomic mass is 9.98. The van der Waals surface area contributed by atoms with Crippen LogP contribution >= 0.6 is 11.3 Å². The van der Waals surface area contributed by atoms with Gasteiger partial charge in [-0.05, 0) is 43.8 Å². The molecule has 5 nitrogen and oxygen atoms in total. The maximum atomic E-state index is 12.5. The first-order chi connectivity index (χ1) is 9.54. The van der Waals surface area contributed by atoms with Crippen LogP contribution in [0.1, 0.15) is 17.7 Å². The maximum absolute atomic E-state index is 12.5. The van der Waals surface area contributed by atoms with Crippen LogP contribution in [0.15, 0.2) is 17.5 Å². The lowest BCUT2D eigenvalue weighted by Gasteiger charge is -2.33. The van der Waals surface area contributed by atoms with Crippen LogP contribution in [-0.2, 0) is 16.8 Å². The van der Waals surface area contributed by atoms with E-state index in [0.29, 0.717) is 25.6 Å². The van der Waals surface area contributed by atoms with Gasteiger partial charge in [-0.15, -0.1) is 11.3 Å². The van der Waals surface area contributed by atoms with Crippen molar-refractivity contribution in [3.63, 3.8) is 0 Å². The van der Waals surface area contributed by atoms with E-state index in [1.807, 2.05) is 24.6 Å². The SMILES string of the molecule is CNCC1CCN(S(=O)(=O)N(C)Cc2cccs2)CC1. The zero-order valence-corrected chi connectivity index (χ0v) is 13.7. The molecule has 0 bridgehead atoms. The Labute approximate surface area is 125 Å². The molecule has 0 aliphatic carbocycles. The smallest absolute Gasteiger partial charge is 0.282 e. The van der Waals surface area contributed by atoms with Gasteiger partial charge in [-0.1, -0.05) is 6.07 Å². The number of piperidine rings is 1. The van der Waals surface area contributed by atoms with Crippen LogP contribution in [0.4, 0.5) is 0 Å². The van der Waals surface area contributed by atoms with Crippen molar-refractivity contribution < 1.29 is 8.42 Å². The molecule has 0 aromatic carbocycles. The fourth-order valence-electron chi connectivity index (χ4n) is 2.53. The van der Waals surface area contributed by atoms with E-state index >= 15 is 0 Å². The van der Waals surface area contributed by atoms with Gasteiger partial charge in [-0.3, -0.25) is 0 Å². The lowest BCUT2D eigenvalue weighted by Crippen LogP contribution is -2.46. The van der Waals surface area contributed by atoms with Crippen molar-refractivity contribution in [2.24, 2.45) is 5.92 Å². The molecule has 2 heterocycles. The zero-order valence-electron chi connectivity index (χ0n) is 12.1. The van der Waals surface area contributed by atoms with E-state index < -0.39 is 10.2 Å². The van der Waals surface area contributed by atoms with Gasteiger partial charge in [-0.25, -0.2) is 0 Å². The molecular formula is C13H23N3O2S2. The number of nitrogens with one attached hydrogen (secondary N) is 1. The summed E-state index contributed by atoms with van der Waals surface area (Å²) >= 11 is 1.59. The van der Waals surface area contributed by atoms with Gasteiger partial charge in [0.1, 0.15) is 0 Å². The molecule has 0 amide bonds. The van der Waals surface area contributed by atoms with E-state index in [4.69, 9.17) is 0 Å². The molecule has 7 heteroatoms. The highest BCUT2D eigenvalue weighted by molar-refractivity contribution is 7.86. The highest BCUT2D eigenvalue weighted by atomic mass is 32.2. The molecule has 0 atom stereocenters. The highest BCUT2D eigenvalue weighted by Gasteiger charge is 2.30. The van der Waals surface area contributed by atoms with Gasteiger partial charge in [0.2, 0.25) is 0 Å². The predicted octanol–water partition coefficient (Wildman–Crippen LogP) is 1.36. The van der Waals surface area contributed by atoms with Gasteiger partial charge in [0.05, 0.1) is 0 Å². The van der Waals surface area contributed by atoms with E-state index in [1.54, 1.807) is 22.7 Å². The summed E-state index contributed by atoms with van der Waals surface area (Å²) in [4.78, 5) is 1.07. The minimum absolute atomic E-state index is 0.455. The summed E-state index contributed by atoms with van der Waals surface area (Å²) in [6.07, 6.45) is 1.87. The fourth-order valence-corrected chi connectivity index (χ4v) is 4.74. The van der Waals surface area contributed by atoms with Gasteiger partial charge < -0.3 is 5.32 Å². The first kappa shape index (κ1) is 15.9. The Morgan fingerprint density at radius 3 is 2.70 bits per heavy atom. The first-order valence-electron chi connectivity index (χ1n) is 6.92. The molecular weight excluding hydrogens is 294 g/mol. The van der Waals surface area contributed by atoms with E-state index in [1.165, 1.54) is 4.31 Å². The van der Waals surface area contributed by atoms with Crippen molar-refractivity contribution in [3.8, 4) is 0 Å². The molecule has 0 unspecified atom stereocenters. The largest absolute Gasteiger partial charge is 0.319 e. The van der Waals surface area contributed by atoms with Crippen LogP contribution < -0.4 is 5.32 Å². The fraction of sp³-hybridized carbons (Fsp3) is 0.692. The summed E-state index contributed by atoms with van der Waals surface area (Å²) < 4.78 is 28.1. The molecule has 1 aliphatic heterocycles. The molecule has 1 aromatic heterocycles. The van der Waals surface area contributed by atoms with Gasteiger partial charge in [-0.2, -0.15) is 17.0 Å². The average Bonchev–Trinajstić information content (AvgIpc) is 2.92. The lowest BCUT2D eigenvalue weighted by molar-refractivity contribution is 0.256. The molecule has 0 spiro atoms. The Bertz CT molecular complexity index is 494. The van der Waals surface area contributed by atoms with Crippen LogP contribution in [0, 0.1) is 5.92 Å². The number of thiophene rings is 1. The third kappa shape index (κ3) is 3.79. The highest BCUT2D eigenvalue weighted by Crippen LogP contribution is 2.22. The predicted molar refractivity (Wildman–Crippen MR) is 82.9 cm³/mol. The Morgan fingerprint density at radius 2 is 2.15 bits per heavy atom. The van der Waals surface area contributed by atoms with Crippen LogP contribution in [0.25, 0.3) is 0 Å². The Kier molecular flexibility index (Phi) is 5.57. The minimum atomic E-state index is -3.32. The number of hydrogen-bond donors (Lipinski definition) is 1. The van der Waals surface area contributed by atoms with Crippen LogP contribution in [0.5, 0.6) is 0 Å². The van der Waals surface area contributed by atoms with E-state index in [2.05, 4.69) is 5.32 Å². The van der Waals surface area contributed by atoms with Gasteiger partial charge in [0.15, 0.2) is 0 Å². The minimum Gasteiger partial charge on any atom is -0.319 e. The van der Waals surface area contributed by atoms with Gasteiger partial charge >= 0.3 is 0 Å². The summed E-state index contributed by atoms with van der Waals surface area (Å²) in [6, 6.07) is 3.92. The summed E-state index contributed by atoms with van der Waals surface area (Å²) in [5.41, 5.74) is 0. The van der Waals surface area contributed by atoms with Crippen molar-refractivity contribution in [3.05, 3.63) is 22.4 Å². The standard InChI is InChI=1S/C13H23N3O2S2/c1-14-10-12-5-7-16(8-6-12)20(17,18)15(2)11-13-4-3-9-19-13/h3-4,9,12,14H,5-8,10-11H2,1-2H3. The molecule has 1 aromatic rings. The zero-order chi connectivity index (χ0) is 14.6. The Morgan fingerprint density at radius 1 is 1.45 bits per heavy atom.